The van der Waals surface area contributed by atoms with E-state index in [1.54, 1.807) is 0 Å². The van der Waals surface area contributed by atoms with Crippen molar-refractivity contribution in [3.8, 4) is 0 Å². The highest BCUT2D eigenvalue weighted by Crippen LogP contribution is 2.13. The fourth-order valence-electron chi connectivity index (χ4n) is 2.21. The highest BCUT2D eigenvalue weighted by Gasteiger charge is 2.22. The van der Waals surface area contributed by atoms with Gasteiger partial charge in [0.2, 0.25) is 5.91 Å². The SMILES string of the molecule is Cc1nc2n(n1)CC(NC(=O)CC(C)C)CC2. The van der Waals surface area contributed by atoms with Gasteiger partial charge in [-0.1, -0.05) is 13.8 Å². The molecule has 2 rings (SSSR count). The van der Waals surface area contributed by atoms with E-state index in [0.29, 0.717) is 12.3 Å². The maximum Gasteiger partial charge on any atom is 0.220 e. The van der Waals surface area contributed by atoms with Crippen LogP contribution < -0.4 is 5.32 Å². The molecule has 17 heavy (non-hydrogen) atoms. The lowest BCUT2D eigenvalue weighted by atomic mass is 10.1. The molecule has 1 aliphatic heterocycles. The third-order valence-electron chi connectivity index (χ3n) is 2.92. The Balaban J connectivity index is 1.91. The van der Waals surface area contributed by atoms with Crippen molar-refractivity contribution >= 4 is 5.91 Å². The zero-order valence-corrected chi connectivity index (χ0v) is 10.7. The van der Waals surface area contributed by atoms with Crippen molar-refractivity contribution in [2.75, 3.05) is 0 Å². The van der Waals surface area contributed by atoms with Gasteiger partial charge in [0.25, 0.3) is 0 Å². The molecular formula is C12H20N4O. The average Bonchev–Trinajstić information content (AvgIpc) is 2.55. The second kappa shape index (κ2) is 4.85. The summed E-state index contributed by atoms with van der Waals surface area (Å²) in [6.07, 6.45) is 2.45. The maximum atomic E-state index is 11.7. The summed E-state index contributed by atoms with van der Waals surface area (Å²) in [5, 5.41) is 7.40. The number of hydrogen-bond acceptors (Lipinski definition) is 3. The van der Waals surface area contributed by atoms with Crippen molar-refractivity contribution in [3.63, 3.8) is 0 Å². The lowest BCUT2D eigenvalue weighted by Gasteiger charge is -2.23. The third-order valence-corrected chi connectivity index (χ3v) is 2.92. The number of nitrogens with one attached hydrogen (secondary N) is 1. The molecule has 0 saturated heterocycles. The molecule has 1 unspecified atom stereocenters. The molecule has 1 aromatic rings. The summed E-state index contributed by atoms with van der Waals surface area (Å²) >= 11 is 0. The van der Waals surface area contributed by atoms with Crippen LogP contribution in [-0.2, 0) is 17.8 Å². The highest BCUT2D eigenvalue weighted by molar-refractivity contribution is 5.76. The molecule has 0 bridgehead atoms. The molecule has 0 aromatic carbocycles. The zero-order chi connectivity index (χ0) is 12.4. The van der Waals surface area contributed by atoms with Gasteiger partial charge >= 0.3 is 0 Å². The van der Waals surface area contributed by atoms with Crippen LogP contribution in [0.15, 0.2) is 0 Å². The molecule has 0 saturated carbocycles. The van der Waals surface area contributed by atoms with Gasteiger partial charge in [-0.25, -0.2) is 9.67 Å². The van der Waals surface area contributed by atoms with Crippen LogP contribution in [0.4, 0.5) is 0 Å². The van der Waals surface area contributed by atoms with Gasteiger partial charge in [-0.15, -0.1) is 0 Å². The quantitative estimate of drug-likeness (QED) is 0.853. The van der Waals surface area contributed by atoms with Crippen molar-refractivity contribution < 1.29 is 4.79 Å². The van der Waals surface area contributed by atoms with Gasteiger partial charge in [0.1, 0.15) is 11.6 Å². The summed E-state index contributed by atoms with van der Waals surface area (Å²) in [6, 6.07) is 0.204. The number of rotatable bonds is 3. The summed E-state index contributed by atoms with van der Waals surface area (Å²) in [4.78, 5) is 16.0. The van der Waals surface area contributed by atoms with E-state index in [1.165, 1.54) is 0 Å². The van der Waals surface area contributed by atoms with Crippen molar-refractivity contribution in [2.45, 2.75) is 52.6 Å². The van der Waals surface area contributed by atoms with Crippen molar-refractivity contribution in [3.05, 3.63) is 11.6 Å². The zero-order valence-electron chi connectivity index (χ0n) is 10.7. The molecule has 1 amide bonds. The van der Waals surface area contributed by atoms with Crippen LogP contribution in [0.3, 0.4) is 0 Å². The Hall–Kier alpha value is -1.39. The van der Waals surface area contributed by atoms with E-state index in [9.17, 15) is 4.79 Å². The lowest BCUT2D eigenvalue weighted by Crippen LogP contribution is -2.41. The van der Waals surface area contributed by atoms with E-state index in [0.717, 1.165) is 31.0 Å². The van der Waals surface area contributed by atoms with E-state index in [4.69, 9.17) is 0 Å². The Morgan fingerprint density at radius 3 is 3.06 bits per heavy atom. The molecule has 5 nitrogen and oxygen atoms in total. The molecule has 5 heteroatoms. The number of nitrogens with zero attached hydrogens (tertiary/aromatic N) is 3. The molecule has 1 atom stereocenters. The van der Waals surface area contributed by atoms with E-state index < -0.39 is 0 Å². The maximum absolute atomic E-state index is 11.7. The highest BCUT2D eigenvalue weighted by atomic mass is 16.1. The summed E-state index contributed by atoms with van der Waals surface area (Å²) in [5.74, 6) is 2.40. The van der Waals surface area contributed by atoms with Crippen molar-refractivity contribution in [2.24, 2.45) is 5.92 Å². The van der Waals surface area contributed by atoms with Gasteiger partial charge in [-0.2, -0.15) is 5.10 Å². The first-order valence-corrected chi connectivity index (χ1v) is 6.24. The number of hydrogen-bond donors (Lipinski definition) is 1. The number of aryl methyl sites for hydroxylation is 2. The van der Waals surface area contributed by atoms with E-state index in [1.807, 2.05) is 11.6 Å². The third kappa shape index (κ3) is 3.05. The molecule has 1 N–H and O–H groups in total. The number of fused-ring (bicyclic) bond motifs is 1. The topological polar surface area (TPSA) is 59.8 Å². The minimum absolute atomic E-state index is 0.144. The minimum atomic E-state index is 0.144. The molecule has 1 aliphatic rings. The van der Waals surface area contributed by atoms with E-state index in [2.05, 4.69) is 29.2 Å². The Morgan fingerprint density at radius 2 is 2.35 bits per heavy atom. The predicted octanol–water partition coefficient (Wildman–Crippen LogP) is 1.06. The number of amides is 1. The summed E-state index contributed by atoms with van der Waals surface area (Å²) in [5.41, 5.74) is 0. The Morgan fingerprint density at radius 1 is 1.59 bits per heavy atom. The number of carbonyl (C=O) groups excluding carboxylic acids is 1. The van der Waals surface area contributed by atoms with Gasteiger partial charge in [-0.3, -0.25) is 4.79 Å². The first-order chi connectivity index (χ1) is 8.04. The Kier molecular flexibility index (Phi) is 3.45. The van der Waals surface area contributed by atoms with Gasteiger partial charge < -0.3 is 5.32 Å². The second-order valence-corrected chi connectivity index (χ2v) is 5.16. The Labute approximate surface area is 102 Å². The summed E-state index contributed by atoms with van der Waals surface area (Å²) in [7, 11) is 0. The minimum Gasteiger partial charge on any atom is -0.351 e. The van der Waals surface area contributed by atoms with E-state index in [-0.39, 0.29) is 11.9 Å². The Bertz CT molecular complexity index is 411. The summed E-state index contributed by atoms with van der Waals surface area (Å²) in [6.45, 7) is 6.76. The fourth-order valence-corrected chi connectivity index (χ4v) is 2.21. The average molecular weight is 236 g/mol. The van der Waals surface area contributed by atoms with Gasteiger partial charge in [0, 0.05) is 18.9 Å². The molecule has 2 heterocycles. The van der Waals surface area contributed by atoms with Crippen LogP contribution in [0.1, 0.15) is 38.3 Å². The van der Waals surface area contributed by atoms with Crippen LogP contribution in [0.25, 0.3) is 0 Å². The standard InChI is InChI=1S/C12H20N4O/c1-8(2)6-12(17)14-10-4-5-11-13-9(3)15-16(11)7-10/h8,10H,4-7H2,1-3H3,(H,14,17). The first-order valence-electron chi connectivity index (χ1n) is 6.24. The van der Waals surface area contributed by atoms with Crippen molar-refractivity contribution in [1.29, 1.82) is 0 Å². The molecule has 1 aromatic heterocycles. The number of aromatic nitrogens is 3. The first kappa shape index (κ1) is 12.1. The molecule has 94 valence electrons. The van der Waals surface area contributed by atoms with Crippen LogP contribution in [0.2, 0.25) is 0 Å². The van der Waals surface area contributed by atoms with Crippen LogP contribution in [0, 0.1) is 12.8 Å². The smallest absolute Gasteiger partial charge is 0.220 e. The molecule has 0 fully saturated rings. The monoisotopic (exact) mass is 236 g/mol. The van der Waals surface area contributed by atoms with E-state index >= 15 is 0 Å². The normalized spacial score (nSPS) is 19.2. The predicted molar refractivity (Wildman–Crippen MR) is 64.5 cm³/mol. The molecule has 0 spiro atoms. The number of carbonyl (C=O) groups is 1. The van der Waals surface area contributed by atoms with Crippen LogP contribution in [-0.4, -0.2) is 26.7 Å². The fraction of sp³-hybridized carbons (Fsp3) is 0.750. The van der Waals surface area contributed by atoms with Gasteiger partial charge in [0.05, 0.1) is 6.54 Å². The summed E-state index contributed by atoms with van der Waals surface area (Å²) < 4.78 is 1.92. The molecular weight excluding hydrogens is 216 g/mol. The van der Waals surface area contributed by atoms with Crippen molar-refractivity contribution in [1.82, 2.24) is 20.1 Å². The van der Waals surface area contributed by atoms with Gasteiger partial charge in [0.15, 0.2) is 0 Å². The van der Waals surface area contributed by atoms with Crippen LogP contribution >= 0.6 is 0 Å². The molecule has 0 aliphatic carbocycles. The lowest BCUT2D eigenvalue weighted by molar-refractivity contribution is -0.122. The largest absolute Gasteiger partial charge is 0.351 e. The second-order valence-electron chi connectivity index (χ2n) is 5.16. The van der Waals surface area contributed by atoms with Gasteiger partial charge in [-0.05, 0) is 19.3 Å². The molecule has 0 radical (unpaired) electrons. The van der Waals surface area contributed by atoms with Crippen LogP contribution in [0.5, 0.6) is 0 Å².